The van der Waals surface area contributed by atoms with E-state index in [2.05, 4.69) is 20.9 Å². The van der Waals surface area contributed by atoms with Gasteiger partial charge in [0.05, 0.1) is 23.7 Å². The maximum Gasteiger partial charge on any atom is 0.340 e. The number of unbranched alkanes of at least 4 members (excludes halogenated alkanes) is 1. The maximum atomic E-state index is 13.7. The predicted octanol–water partition coefficient (Wildman–Crippen LogP) is 6.21. The highest BCUT2D eigenvalue weighted by molar-refractivity contribution is 7.17. The van der Waals surface area contributed by atoms with E-state index in [-0.39, 0.29) is 28.9 Å². The molecular weight excluding hydrogens is 606 g/mol. The number of amides is 2. The molecule has 11 nitrogen and oxygen atoms in total. The molecule has 0 saturated heterocycles. The Morgan fingerprint density at radius 1 is 1.13 bits per heavy atom. The summed E-state index contributed by atoms with van der Waals surface area (Å²) in [5.74, 6) is -1.74. The van der Waals surface area contributed by atoms with Gasteiger partial charge in [0.1, 0.15) is 17.3 Å². The van der Waals surface area contributed by atoms with Crippen LogP contribution in [0.3, 0.4) is 0 Å². The molecule has 5 aromatic rings. The lowest BCUT2D eigenvalue weighted by Crippen LogP contribution is -2.47. The Hall–Kier alpha value is -4.84. The van der Waals surface area contributed by atoms with Crippen LogP contribution in [-0.4, -0.2) is 37.9 Å². The number of carboxylic acid groups (broad SMARTS) is 1. The third-order valence-electron chi connectivity index (χ3n) is 8.62. The van der Waals surface area contributed by atoms with Crippen LogP contribution < -0.4 is 16.3 Å². The number of anilines is 1. The van der Waals surface area contributed by atoms with E-state index in [1.54, 1.807) is 42.7 Å². The van der Waals surface area contributed by atoms with Crippen LogP contribution in [0, 0.1) is 12.8 Å². The van der Waals surface area contributed by atoms with Crippen molar-refractivity contribution in [3.05, 3.63) is 86.8 Å². The standard InChI is InChI=1S/C34H37N5O6S/c1-6-7-8-26(32(43)35-23-10-11-24-20(4)25(17-30(40)41)33(44)45-27(24)16-23)39-18-29(37-38-39)34(5,19(2)3)36-31(42)22-9-12-28-21(15-22)13-14-46-28/h9-16,18-19,26H,6-8,17H2,1-5H3,(H,35,43)(H,36,42)(H,40,41)/t26-,34-/m0/s1. The molecule has 0 radical (unpaired) electrons. The molecule has 3 N–H and O–H groups in total. The van der Waals surface area contributed by atoms with E-state index in [4.69, 9.17) is 9.52 Å². The van der Waals surface area contributed by atoms with Gasteiger partial charge in [0.2, 0.25) is 5.91 Å². The third-order valence-corrected chi connectivity index (χ3v) is 9.52. The number of hydrogen-bond acceptors (Lipinski definition) is 8. The number of aromatic nitrogens is 3. The summed E-state index contributed by atoms with van der Waals surface area (Å²) in [6.45, 7) is 9.60. The molecule has 0 aliphatic heterocycles. The van der Waals surface area contributed by atoms with Crippen LogP contribution in [-0.2, 0) is 21.5 Å². The summed E-state index contributed by atoms with van der Waals surface area (Å²) in [5.41, 5.74) is 0.740. The average molecular weight is 644 g/mol. The summed E-state index contributed by atoms with van der Waals surface area (Å²) < 4.78 is 8.06. The minimum absolute atomic E-state index is 0.0545. The van der Waals surface area contributed by atoms with Gasteiger partial charge in [-0.15, -0.1) is 16.4 Å². The van der Waals surface area contributed by atoms with Crippen molar-refractivity contribution < 1.29 is 23.9 Å². The molecule has 0 spiro atoms. The minimum Gasteiger partial charge on any atom is -0.481 e. The van der Waals surface area contributed by atoms with Crippen molar-refractivity contribution in [1.82, 2.24) is 20.3 Å². The molecule has 2 aromatic carbocycles. The van der Waals surface area contributed by atoms with Crippen LogP contribution in [0.4, 0.5) is 5.69 Å². The Morgan fingerprint density at radius 3 is 2.63 bits per heavy atom. The Labute approximate surface area is 269 Å². The summed E-state index contributed by atoms with van der Waals surface area (Å²) in [6, 6.07) is 11.8. The van der Waals surface area contributed by atoms with E-state index in [0.717, 1.165) is 22.9 Å². The van der Waals surface area contributed by atoms with Crippen LogP contribution in [0.25, 0.3) is 21.1 Å². The van der Waals surface area contributed by atoms with E-state index in [0.29, 0.717) is 34.3 Å². The zero-order chi connectivity index (χ0) is 33.2. The van der Waals surface area contributed by atoms with Gasteiger partial charge < -0.3 is 20.2 Å². The molecule has 0 saturated carbocycles. The summed E-state index contributed by atoms with van der Waals surface area (Å²) in [5, 5.41) is 27.6. The van der Waals surface area contributed by atoms with E-state index in [9.17, 15) is 19.2 Å². The SMILES string of the molecule is CCCC[C@@H](C(=O)Nc1ccc2c(C)c(CC(=O)O)c(=O)oc2c1)n1cc([C@@](C)(NC(=O)c2ccc3sccc3c2)C(C)C)nn1. The highest BCUT2D eigenvalue weighted by Crippen LogP contribution is 2.31. The van der Waals surface area contributed by atoms with Crippen molar-refractivity contribution in [3.63, 3.8) is 0 Å². The lowest BCUT2D eigenvalue weighted by Gasteiger charge is -2.33. The van der Waals surface area contributed by atoms with Crippen molar-refractivity contribution in [2.24, 2.45) is 5.92 Å². The van der Waals surface area contributed by atoms with E-state index in [1.807, 2.05) is 57.3 Å². The average Bonchev–Trinajstić information content (AvgIpc) is 3.69. The fraction of sp³-hybridized carbons (Fsp3) is 0.353. The molecule has 0 unspecified atom stereocenters. The van der Waals surface area contributed by atoms with Crippen molar-refractivity contribution in [2.45, 2.75) is 71.9 Å². The lowest BCUT2D eigenvalue weighted by molar-refractivity contribution is -0.136. The second kappa shape index (κ2) is 13.3. The van der Waals surface area contributed by atoms with Crippen LogP contribution in [0.2, 0.25) is 0 Å². The fourth-order valence-electron chi connectivity index (χ4n) is 5.42. The van der Waals surface area contributed by atoms with Crippen LogP contribution >= 0.6 is 11.3 Å². The third kappa shape index (κ3) is 6.57. The zero-order valence-electron chi connectivity index (χ0n) is 26.4. The van der Waals surface area contributed by atoms with Gasteiger partial charge in [0.25, 0.3) is 5.91 Å². The second-order valence-electron chi connectivity index (χ2n) is 12.0. The van der Waals surface area contributed by atoms with Gasteiger partial charge in [-0.05, 0) is 78.9 Å². The maximum absolute atomic E-state index is 13.7. The minimum atomic E-state index is -1.12. The predicted molar refractivity (Wildman–Crippen MR) is 177 cm³/mol. The molecular formula is C34H37N5O6S. The Morgan fingerprint density at radius 2 is 1.91 bits per heavy atom. The lowest BCUT2D eigenvalue weighted by atomic mass is 9.85. The van der Waals surface area contributed by atoms with Gasteiger partial charge in [-0.25, -0.2) is 9.48 Å². The molecule has 0 bridgehead atoms. The van der Waals surface area contributed by atoms with Crippen molar-refractivity contribution in [1.29, 1.82) is 0 Å². The topological polar surface area (TPSA) is 156 Å². The first-order chi connectivity index (χ1) is 21.9. The molecule has 3 aromatic heterocycles. The molecule has 0 fully saturated rings. The van der Waals surface area contributed by atoms with Gasteiger partial charge in [0, 0.05) is 27.4 Å². The second-order valence-corrected chi connectivity index (χ2v) is 12.9. The molecule has 5 rings (SSSR count). The summed E-state index contributed by atoms with van der Waals surface area (Å²) >= 11 is 1.62. The van der Waals surface area contributed by atoms with Gasteiger partial charge in [-0.3, -0.25) is 14.4 Å². The molecule has 2 amide bonds. The van der Waals surface area contributed by atoms with E-state index >= 15 is 0 Å². The van der Waals surface area contributed by atoms with E-state index in [1.165, 1.54) is 4.68 Å². The quantitative estimate of drug-likeness (QED) is 0.136. The van der Waals surface area contributed by atoms with Gasteiger partial charge in [-0.2, -0.15) is 0 Å². The normalized spacial score (nSPS) is 13.5. The number of carboxylic acids is 1. The molecule has 12 heteroatoms. The molecule has 46 heavy (non-hydrogen) atoms. The van der Waals surface area contributed by atoms with Crippen molar-refractivity contribution in [2.75, 3.05) is 5.32 Å². The molecule has 2 atom stereocenters. The first kappa shape index (κ1) is 32.6. The summed E-state index contributed by atoms with van der Waals surface area (Å²) in [7, 11) is 0. The van der Waals surface area contributed by atoms with Gasteiger partial charge >= 0.3 is 11.6 Å². The number of nitrogens with one attached hydrogen (secondary N) is 2. The number of carbonyl (C=O) groups is 3. The molecule has 0 aliphatic rings. The number of nitrogens with zero attached hydrogens (tertiary/aromatic N) is 3. The van der Waals surface area contributed by atoms with E-state index < -0.39 is 29.6 Å². The van der Waals surface area contributed by atoms with Crippen molar-refractivity contribution in [3.8, 4) is 0 Å². The van der Waals surface area contributed by atoms with Crippen LogP contribution in [0.5, 0.6) is 0 Å². The first-order valence-corrected chi connectivity index (χ1v) is 16.1. The zero-order valence-corrected chi connectivity index (χ0v) is 27.2. The molecule has 240 valence electrons. The molecule has 0 aliphatic carbocycles. The largest absolute Gasteiger partial charge is 0.481 e. The van der Waals surface area contributed by atoms with Gasteiger partial charge in [-0.1, -0.05) is 38.8 Å². The Kier molecular flexibility index (Phi) is 9.38. The number of rotatable bonds is 12. The number of carbonyl (C=O) groups excluding carboxylic acids is 2. The highest BCUT2D eigenvalue weighted by atomic mass is 32.1. The number of benzene rings is 2. The number of hydrogen-bond donors (Lipinski definition) is 3. The van der Waals surface area contributed by atoms with Crippen molar-refractivity contribution >= 4 is 55.9 Å². The smallest absolute Gasteiger partial charge is 0.340 e. The number of thiophene rings is 1. The number of fused-ring (bicyclic) bond motifs is 2. The Bertz CT molecular complexity index is 1990. The molecule has 3 heterocycles. The van der Waals surface area contributed by atoms with Gasteiger partial charge in [0.15, 0.2) is 0 Å². The monoisotopic (exact) mass is 643 g/mol. The van der Waals surface area contributed by atoms with Crippen LogP contribution in [0.15, 0.2) is 63.3 Å². The highest BCUT2D eigenvalue weighted by Gasteiger charge is 2.36. The number of aryl methyl sites for hydroxylation is 1. The first-order valence-electron chi connectivity index (χ1n) is 15.2. The summed E-state index contributed by atoms with van der Waals surface area (Å²) in [6.07, 6.45) is 3.39. The number of aliphatic carboxylic acids is 1. The van der Waals surface area contributed by atoms with Crippen LogP contribution in [0.1, 0.15) is 80.2 Å². The fourth-order valence-corrected chi connectivity index (χ4v) is 6.19. The summed E-state index contributed by atoms with van der Waals surface area (Å²) in [4.78, 5) is 50.8. The Balaban J connectivity index is 1.39.